The van der Waals surface area contributed by atoms with Crippen molar-refractivity contribution in [3.05, 3.63) is 63.1 Å². The van der Waals surface area contributed by atoms with Gasteiger partial charge in [-0.3, -0.25) is 4.79 Å². The SMILES string of the molecule is COC(=O)c1ccc(/C=N\NC(=O)COc2c(C)cc(C)cc2Br)cc1. The molecule has 1 N–H and O–H groups in total. The minimum Gasteiger partial charge on any atom is -0.482 e. The highest BCUT2D eigenvalue weighted by Crippen LogP contribution is 2.30. The van der Waals surface area contributed by atoms with Gasteiger partial charge in [0.2, 0.25) is 0 Å². The smallest absolute Gasteiger partial charge is 0.337 e. The van der Waals surface area contributed by atoms with Crippen molar-refractivity contribution in [1.82, 2.24) is 5.43 Å². The van der Waals surface area contributed by atoms with Gasteiger partial charge in [-0.25, -0.2) is 10.2 Å². The fraction of sp³-hybridized carbons (Fsp3) is 0.211. The summed E-state index contributed by atoms with van der Waals surface area (Å²) in [6, 6.07) is 10.5. The Labute approximate surface area is 160 Å². The molecule has 6 nitrogen and oxygen atoms in total. The molecule has 1 amide bonds. The molecule has 0 fully saturated rings. The summed E-state index contributed by atoms with van der Waals surface area (Å²) in [5.41, 5.74) is 5.63. The maximum atomic E-state index is 11.9. The summed E-state index contributed by atoms with van der Waals surface area (Å²) in [4.78, 5) is 23.2. The van der Waals surface area contributed by atoms with E-state index < -0.39 is 5.97 Å². The third-order valence-electron chi connectivity index (χ3n) is 3.46. The van der Waals surface area contributed by atoms with Crippen LogP contribution in [-0.4, -0.2) is 31.8 Å². The fourth-order valence-electron chi connectivity index (χ4n) is 2.26. The predicted octanol–water partition coefficient (Wildman–Crippen LogP) is 3.38. The van der Waals surface area contributed by atoms with Crippen LogP contribution >= 0.6 is 15.9 Å². The van der Waals surface area contributed by atoms with Crippen LogP contribution in [0.25, 0.3) is 0 Å². The summed E-state index contributed by atoms with van der Waals surface area (Å²) in [6.45, 7) is 3.75. The van der Waals surface area contributed by atoms with E-state index in [-0.39, 0.29) is 12.5 Å². The minimum absolute atomic E-state index is 0.152. The van der Waals surface area contributed by atoms with Gasteiger partial charge in [-0.05, 0) is 64.7 Å². The van der Waals surface area contributed by atoms with Crippen LogP contribution in [0, 0.1) is 13.8 Å². The van der Waals surface area contributed by atoms with Crippen molar-refractivity contribution in [3.8, 4) is 5.75 Å². The van der Waals surface area contributed by atoms with E-state index in [1.165, 1.54) is 13.3 Å². The standard InChI is InChI=1S/C19H19BrN2O4/c1-12-8-13(2)18(16(20)9-12)26-11-17(23)22-21-10-14-4-6-15(7-5-14)19(24)25-3/h4-10H,11H2,1-3H3,(H,22,23)/b21-10-. The molecule has 7 heteroatoms. The molecular weight excluding hydrogens is 400 g/mol. The maximum absolute atomic E-state index is 11.9. The zero-order chi connectivity index (χ0) is 19.1. The lowest BCUT2D eigenvalue weighted by molar-refractivity contribution is -0.123. The lowest BCUT2D eigenvalue weighted by Crippen LogP contribution is -2.24. The Kier molecular flexibility index (Phi) is 6.91. The molecule has 0 aliphatic rings. The lowest BCUT2D eigenvalue weighted by Gasteiger charge is -2.11. The molecule has 0 saturated heterocycles. The third-order valence-corrected chi connectivity index (χ3v) is 4.04. The first-order valence-corrected chi connectivity index (χ1v) is 8.60. The van der Waals surface area contributed by atoms with E-state index in [4.69, 9.17) is 4.74 Å². The monoisotopic (exact) mass is 418 g/mol. The number of ether oxygens (including phenoxy) is 2. The van der Waals surface area contributed by atoms with E-state index in [1.54, 1.807) is 24.3 Å². The number of hydrazone groups is 1. The van der Waals surface area contributed by atoms with Crippen LogP contribution in [0.2, 0.25) is 0 Å². The maximum Gasteiger partial charge on any atom is 0.337 e. The van der Waals surface area contributed by atoms with Crippen LogP contribution in [0.1, 0.15) is 27.0 Å². The van der Waals surface area contributed by atoms with Gasteiger partial charge in [0.05, 0.1) is 23.4 Å². The Morgan fingerprint density at radius 1 is 1.19 bits per heavy atom. The molecule has 0 unspecified atom stereocenters. The molecule has 2 aromatic carbocycles. The number of carbonyl (C=O) groups is 2. The number of amides is 1. The van der Waals surface area contributed by atoms with E-state index in [0.717, 1.165) is 21.2 Å². The number of aryl methyl sites for hydroxylation is 2. The van der Waals surface area contributed by atoms with Crippen molar-refractivity contribution in [2.24, 2.45) is 5.10 Å². The van der Waals surface area contributed by atoms with Crippen molar-refractivity contribution < 1.29 is 19.1 Å². The molecule has 0 saturated carbocycles. The Morgan fingerprint density at radius 3 is 2.50 bits per heavy atom. The molecule has 0 aromatic heterocycles. The summed E-state index contributed by atoms with van der Waals surface area (Å²) >= 11 is 3.43. The first-order valence-electron chi connectivity index (χ1n) is 7.80. The number of hydrogen-bond acceptors (Lipinski definition) is 5. The number of carbonyl (C=O) groups excluding carboxylic acids is 2. The quantitative estimate of drug-likeness (QED) is 0.443. The van der Waals surface area contributed by atoms with Crippen molar-refractivity contribution in [2.75, 3.05) is 13.7 Å². The highest BCUT2D eigenvalue weighted by atomic mass is 79.9. The van der Waals surface area contributed by atoms with Gasteiger partial charge in [-0.1, -0.05) is 18.2 Å². The van der Waals surface area contributed by atoms with Crippen LogP contribution in [0.4, 0.5) is 0 Å². The van der Waals surface area contributed by atoms with Gasteiger partial charge >= 0.3 is 5.97 Å². The van der Waals surface area contributed by atoms with Crippen LogP contribution in [-0.2, 0) is 9.53 Å². The first kappa shape index (κ1) is 19.7. The van der Waals surface area contributed by atoms with Gasteiger partial charge in [0, 0.05) is 0 Å². The number of nitrogens with one attached hydrogen (secondary N) is 1. The first-order chi connectivity index (χ1) is 12.4. The molecule has 0 heterocycles. The lowest BCUT2D eigenvalue weighted by atomic mass is 10.1. The Balaban J connectivity index is 1.87. The summed E-state index contributed by atoms with van der Waals surface area (Å²) in [7, 11) is 1.33. The third kappa shape index (κ3) is 5.42. The Bertz CT molecular complexity index is 809. The van der Waals surface area contributed by atoms with E-state index in [9.17, 15) is 9.59 Å². The molecule has 0 atom stereocenters. The zero-order valence-electron chi connectivity index (χ0n) is 14.7. The van der Waals surface area contributed by atoms with E-state index in [0.29, 0.717) is 11.3 Å². The highest BCUT2D eigenvalue weighted by molar-refractivity contribution is 9.10. The molecule has 0 radical (unpaired) electrons. The number of halogens is 1. The van der Waals surface area contributed by atoms with Crippen LogP contribution in [0.5, 0.6) is 5.75 Å². The number of hydrogen-bond donors (Lipinski definition) is 1. The van der Waals surface area contributed by atoms with Gasteiger partial charge in [0.1, 0.15) is 5.75 Å². The molecule has 2 aromatic rings. The second-order valence-corrected chi connectivity index (χ2v) is 6.44. The summed E-state index contributed by atoms with van der Waals surface area (Å²) in [6.07, 6.45) is 1.48. The van der Waals surface area contributed by atoms with Gasteiger partial charge in [-0.2, -0.15) is 5.10 Å². The van der Waals surface area contributed by atoms with E-state index in [1.807, 2.05) is 26.0 Å². The van der Waals surface area contributed by atoms with Gasteiger partial charge in [0.25, 0.3) is 5.91 Å². The van der Waals surface area contributed by atoms with Crippen LogP contribution in [0.15, 0.2) is 46.0 Å². The predicted molar refractivity (Wildman–Crippen MR) is 103 cm³/mol. The number of rotatable bonds is 6. The number of nitrogens with zero attached hydrogens (tertiary/aromatic N) is 1. The minimum atomic E-state index is -0.406. The summed E-state index contributed by atoms with van der Waals surface area (Å²) < 4.78 is 11.0. The molecular formula is C19H19BrN2O4. The molecule has 26 heavy (non-hydrogen) atoms. The molecule has 0 aliphatic carbocycles. The summed E-state index contributed by atoms with van der Waals surface area (Å²) in [5.74, 6) is -0.149. The van der Waals surface area contributed by atoms with Crippen molar-refractivity contribution >= 4 is 34.0 Å². The van der Waals surface area contributed by atoms with Crippen molar-refractivity contribution in [2.45, 2.75) is 13.8 Å². The Hall–Kier alpha value is -2.67. The highest BCUT2D eigenvalue weighted by Gasteiger charge is 2.09. The largest absolute Gasteiger partial charge is 0.482 e. The van der Waals surface area contributed by atoms with E-state index in [2.05, 4.69) is 31.2 Å². The molecule has 0 aliphatic heterocycles. The van der Waals surface area contributed by atoms with Crippen LogP contribution < -0.4 is 10.2 Å². The van der Waals surface area contributed by atoms with Crippen molar-refractivity contribution in [3.63, 3.8) is 0 Å². The fourth-order valence-corrected chi connectivity index (χ4v) is 3.05. The van der Waals surface area contributed by atoms with Crippen LogP contribution in [0.3, 0.4) is 0 Å². The number of methoxy groups -OCH3 is 1. The summed E-state index contributed by atoms with van der Waals surface area (Å²) in [5, 5.41) is 3.88. The number of esters is 1. The Morgan fingerprint density at radius 2 is 1.88 bits per heavy atom. The van der Waals surface area contributed by atoms with Gasteiger partial charge < -0.3 is 9.47 Å². The van der Waals surface area contributed by atoms with Crippen molar-refractivity contribution in [1.29, 1.82) is 0 Å². The van der Waals surface area contributed by atoms with E-state index >= 15 is 0 Å². The average Bonchev–Trinajstić information content (AvgIpc) is 2.60. The zero-order valence-corrected chi connectivity index (χ0v) is 16.3. The second-order valence-electron chi connectivity index (χ2n) is 5.59. The molecule has 0 spiro atoms. The second kappa shape index (κ2) is 9.15. The molecule has 2 rings (SSSR count). The normalized spacial score (nSPS) is 10.6. The molecule has 136 valence electrons. The van der Waals surface area contributed by atoms with Gasteiger partial charge in [-0.15, -0.1) is 0 Å². The van der Waals surface area contributed by atoms with Gasteiger partial charge in [0.15, 0.2) is 6.61 Å². The topological polar surface area (TPSA) is 77.0 Å². The number of benzene rings is 2. The molecule has 0 bridgehead atoms. The average molecular weight is 419 g/mol.